The van der Waals surface area contributed by atoms with Crippen molar-refractivity contribution >= 4 is 50.7 Å². The predicted octanol–water partition coefficient (Wildman–Crippen LogP) is 8.32. The highest BCUT2D eigenvalue weighted by atomic mass is 32.2. The number of nitrogens with one attached hydrogen (secondary N) is 1. The van der Waals surface area contributed by atoms with Gasteiger partial charge in [-0.05, 0) is 70.2 Å². The number of amides is 1. The Balaban J connectivity index is 2.18. The molecule has 0 spiro atoms. The van der Waals surface area contributed by atoms with Gasteiger partial charge in [0.25, 0.3) is 0 Å². The summed E-state index contributed by atoms with van der Waals surface area (Å²) in [5, 5.41) is 11.6. The zero-order chi connectivity index (χ0) is 32.7. The molecule has 242 valence electrons. The predicted molar refractivity (Wildman–Crippen MR) is 173 cm³/mol. The van der Waals surface area contributed by atoms with E-state index in [1.807, 2.05) is 17.0 Å². The van der Waals surface area contributed by atoms with Crippen molar-refractivity contribution < 1.29 is 37.0 Å². The van der Waals surface area contributed by atoms with Crippen molar-refractivity contribution in [2.75, 3.05) is 28.8 Å². The molecule has 2 aromatic carbocycles. The normalized spacial score (nSPS) is 16.1. The molecule has 9 nitrogen and oxygen atoms in total. The molecule has 0 saturated carbocycles. The lowest BCUT2D eigenvalue weighted by molar-refractivity contribution is -0.134. The molecule has 0 unspecified atom stereocenters. The number of rotatable bonds is 12. The summed E-state index contributed by atoms with van der Waals surface area (Å²) >= 11 is 1.27. The average molecular weight is 651 g/mol. The number of aliphatic carboxylic acids is 1. The quantitative estimate of drug-likeness (QED) is 0.133. The molecule has 2 N–H and O–H groups in total. The molecule has 0 radical (unpaired) electrons. The van der Waals surface area contributed by atoms with Crippen LogP contribution >= 0.6 is 11.8 Å². The highest BCUT2D eigenvalue weighted by molar-refractivity contribution is 7.98. The molecule has 0 saturated heterocycles. The second kappa shape index (κ2) is 14.7. The van der Waals surface area contributed by atoms with Crippen molar-refractivity contribution in [2.45, 2.75) is 88.5 Å². The fourth-order valence-electron chi connectivity index (χ4n) is 5.26. The first-order chi connectivity index (χ1) is 20.6. The standard InChI is InChI=1S/C32H43FN2O7S2/c1-7-9-15-32(16-10-8-2)20-35(23-13-11-22(12-14-23)34-30(38)42-31(3,4)5)25-17-27(43-6)26(41-19-24(33)29(36)37)18-28(25)44(39,40)21-32/h11-14,17-19H,7-10,15-16,20-21H2,1-6H3,(H,34,38)(H,36,37)/b24-19-. The van der Waals surface area contributed by atoms with Crippen LogP contribution in [0.1, 0.15) is 73.1 Å². The van der Waals surface area contributed by atoms with Crippen molar-refractivity contribution in [3.05, 3.63) is 48.5 Å². The number of hydrogen-bond acceptors (Lipinski definition) is 8. The Bertz CT molecular complexity index is 1460. The first kappa shape index (κ1) is 35.2. The third-order valence-electron chi connectivity index (χ3n) is 7.30. The molecule has 1 amide bonds. The van der Waals surface area contributed by atoms with Crippen molar-refractivity contribution in [1.29, 1.82) is 0 Å². The average Bonchev–Trinajstić information content (AvgIpc) is 3.04. The molecular formula is C32H43FN2O7S2. The van der Waals surface area contributed by atoms with Gasteiger partial charge in [0.05, 0.1) is 21.2 Å². The van der Waals surface area contributed by atoms with E-state index in [1.54, 1.807) is 45.2 Å². The van der Waals surface area contributed by atoms with Crippen LogP contribution in [0.3, 0.4) is 0 Å². The van der Waals surface area contributed by atoms with Crippen molar-refractivity contribution in [2.24, 2.45) is 5.41 Å². The van der Waals surface area contributed by atoms with Gasteiger partial charge < -0.3 is 19.5 Å². The molecule has 3 rings (SSSR count). The number of carboxylic acids is 1. The maximum atomic E-state index is 14.2. The summed E-state index contributed by atoms with van der Waals surface area (Å²) in [5.41, 5.74) is 0.501. The Morgan fingerprint density at radius 1 is 1.11 bits per heavy atom. The maximum Gasteiger partial charge on any atom is 0.412 e. The van der Waals surface area contributed by atoms with Gasteiger partial charge in [0.15, 0.2) is 9.84 Å². The van der Waals surface area contributed by atoms with Crippen LogP contribution in [0.15, 0.2) is 58.3 Å². The second-order valence-corrected chi connectivity index (χ2v) is 14.9. The van der Waals surface area contributed by atoms with Crippen LogP contribution in [0, 0.1) is 5.41 Å². The minimum absolute atomic E-state index is 0.0280. The highest BCUT2D eigenvalue weighted by Crippen LogP contribution is 2.48. The molecule has 12 heteroatoms. The summed E-state index contributed by atoms with van der Waals surface area (Å²) in [6, 6.07) is 10.2. The van der Waals surface area contributed by atoms with Crippen LogP contribution in [-0.4, -0.2) is 49.7 Å². The fourth-order valence-corrected chi connectivity index (χ4v) is 7.92. The highest BCUT2D eigenvalue weighted by Gasteiger charge is 2.42. The van der Waals surface area contributed by atoms with E-state index < -0.39 is 38.7 Å². The number of nitrogens with zero attached hydrogens (tertiary/aromatic N) is 1. The number of halogens is 1. The van der Waals surface area contributed by atoms with Crippen LogP contribution in [0.4, 0.5) is 26.2 Å². The van der Waals surface area contributed by atoms with Gasteiger partial charge in [0, 0.05) is 29.4 Å². The Labute approximate surface area is 264 Å². The number of ether oxygens (including phenoxy) is 2. The van der Waals surface area contributed by atoms with Gasteiger partial charge in [0.2, 0.25) is 5.83 Å². The van der Waals surface area contributed by atoms with Crippen molar-refractivity contribution in [3.63, 3.8) is 0 Å². The van der Waals surface area contributed by atoms with E-state index in [2.05, 4.69) is 19.2 Å². The van der Waals surface area contributed by atoms with E-state index in [0.717, 1.165) is 44.2 Å². The number of anilines is 3. The molecule has 2 aromatic rings. The smallest absolute Gasteiger partial charge is 0.412 e. The number of benzene rings is 2. The number of fused-ring (bicyclic) bond motifs is 1. The fraction of sp³-hybridized carbons (Fsp3) is 0.500. The first-order valence-corrected chi connectivity index (χ1v) is 17.6. The van der Waals surface area contributed by atoms with Crippen LogP contribution in [0.2, 0.25) is 0 Å². The number of carbonyl (C=O) groups excluding carboxylic acids is 1. The largest absolute Gasteiger partial charge is 0.476 e. The van der Waals surface area contributed by atoms with E-state index in [9.17, 15) is 22.4 Å². The van der Waals surface area contributed by atoms with Crippen LogP contribution in [0.25, 0.3) is 0 Å². The van der Waals surface area contributed by atoms with Crippen LogP contribution < -0.4 is 15.0 Å². The Morgan fingerprint density at radius 2 is 1.73 bits per heavy atom. The van der Waals surface area contributed by atoms with Gasteiger partial charge in [-0.2, -0.15) is 4.39 Å². The zero-order valence-electron chi connectivity index (χ0n) is 26.2. The van der Waals surface area contributed by atoms with Crippen LogP contribution in [0.5, 0.6) is 5.75 Å². The molecule has 0 bridgehead atoms. The molecular weight excluding hydrogens is 607 g/mol. The summed E-state index contributed by atoms with van der Waals surface area (Å²) < 4.78 is 52.9. The molecule has 1 aliphatic heterocycles. The summed E-state index contributed by atoms with van der Waals surface area (Å²) in [6.07, 6.45) is 6.66. The van der Waals surface area contributed by atoms with Gasteiger partial charge >= 0.3 is 12.1 Å². The number of sulfone groups is 1. The van der Waals surface area contributed by atoms with E-state index in [4.69, 9.17) is 14.6 Å². The van der Waals surface area contributed by atoms with Gasteiger partial charge in [0.1, 0.15) is 17.6 Å². The van der Waals surface area contributed by atoms with E-state index in [1.165, 1.54) is 17.8 Å². The van der Waals surface area contributed by atoms with Crippen molar-refractivity contribution in [1.82, 2.24) is 0 Å². The summed E-state index contributed by atoms with van der Waals surface area (Å²) in [7, 11) is -3.87. The molecule has 0 atom stereocenters. The first-order valence-electron chi connectivity index (χ1n) is 14.7. The minimum Gasteiger partial charge on any atom is -0.476 e. The Hall–Kier alpha value is -3.25. The molecule has 1 aliphatic rings. The molecule has 0 aliphatic carbocycles. The minimum atomic E-state index is -3.87. The lowest BCUT2D eigenvalue weighted by Crippen LogP contribution is -2.38. The topological polar surface area (TPSA) is 122 Å². The van der Waals surface area contributed by atoms with Gasteiger partial charge in [-0.25, -0.2) is 18.0 Å². The summed E-state index contributed by atoms with van der Waals surface area (Å²) in [5.74, 6) is -3.32. The van der Waals surface area contributed by atoms with E-state index in [-0.39, 0.29) is 16.4 Å². The van der Waals surface area contributed by atoms with Gasteiger partial charge in [-0.1, -0.05) is 39.5 Å². The number of unbranched alkanes of at least 4 members (excludes halogenated alkanes) is 2. The summed E-state index contributed by atoms with van der Waals surface area (Å²) in [4.78, 5) is 25.9. The van der Waals surface area contributed by atoms with Gasteiger partial charge in [-0.3, -0.25) is 5.32 Å². The maximum absolute atomic E-state index is 14.2. The van der Waals surface area contributed by atoms with E-state index >= 15 is 0 Å². The number of hydrogen-bond donors (Lipinski definition) is 2. The SMILES string of the molecule is CCCCC1(CCCC)CN(c2ccc(NC(=O)OC(C)(C)C)cc2)c2cc(SC)c(O/C=C(\F)C(=O)O)cc2S(=O)(=O)C1. The van der Waals surface area contributed by atoms with Crippen LogP contribution in [-0.2, 0) is 19.4 Å². The molecule has 0 fully saturated rings. The lowest BCUT2D eigenvalue weighted by atomic mass is 9.79. The number of carbonyl (C=O) groups is 2. The third-order valence-corrected chi connectivity index (χ3v) is 10.0. The second-order valence-electron chi connectivity index (χ2n) is 12.1. The number of thioether (sulfide) groups is 1. The molecule has 1 heterocycles. The van der Waals surface area contributed by atoms with E-state index in [0.29, 0.717) is 29.1 Å². The third kappa shape index (κ3) is 9.13. The lowest BCUT2D eigenvalue weighted by Gasteiger charge is -2.37. The monoisotopic (exact) mass is 650 g/mol. The summed E-state index contributed by atoms with van der Waals surface area (Å²) in [6.45, 7) is 9.95. The van der Waals surface area contributed by atoms with Crippen molar-refractivity contribution in [3.8, 4) is 5.75 Å². The zero-order valence-corrected chi connectivity index (χ0v) is 27.9. The Morgan fingerprint density at radius 3 is 2.25 bits per heavy atom. The molecule has 0 aromatic heterocycles. The number of carboxylic acid groups (broad SMARTS) is 1. The Kier molecular flexibility index (Phi) is 11.8. The molecule has 44 heavy (non-hydrogen) atoms. The van der Waals surface area contributed by atoms with Gasteiger partial charge in [-0.15, -0.1) is 11.8 Å².